The third kappa shape index (κ3) is 4.07. The predicted molar refractivity (Wildman–Crippen MR) is 102 cm³/mol. The molecule has 0 saturated heterocycles. The fraction of sp³-hybridized carbons (Fsp3) is 0.158. The van der Waals surface area contributed by atoms with Crippen LogP contribution < -0.4 is 10.0 Å². The third-order valence-electron chi connectivity index (χ3n) is 3.80. The van der Waals surface area contributed by atoms with Crippen molar-refractivity contribution >= 4 is 32.5 Å². The molecule has 0 bridgehead atoms. The largest absolute Gasteiger partial charge is 0.321 e. The van der Waals surface area contributed by atoms with Gasteiger partial charge in [-0.3, -0.25) is 4.79 Å². The summed E-state index contributed by atoms with van der Waals surface area (Å²) in [6.07, 6.45) is 0.714. The van der Waals surface area contributed by atoms with E-state index in [1.54, 1.807) is 18.2 Å². The fourth-order valence-electron chi connectivity index (χ4n) is 2.42. The maximum absolute atomic E-state index is 12.4. The second kappa shape index (κ2) is 7.63. The molecule has 7 heteroatoms. The Morgan fingerprint density at radius 1 is 1.00 bits per heavy atom. The van der Waals surface area contributed by atoms with E-state index in [9.17, 15) is 13.2 Å². The molecule has 0 aliphatic rings. The zero-order chi connectivity index (χ0) is 18.6. The number of fused-ring (bicyclic) bond motifs is 1. The van der Waals surface area contributed by atoms with Crippen LogP contribution in [0.4, 0.5) is 5.69 Å². The van der Waals surface area contributed by atoms with Gasteiger partial charge in [0.05, 0.1) is 10.4 Å². The highest BCUT2D eigenvalue weighted by Gasteiger charge is 2.13. The minimum absolute atomic E-state index is 0.160. The number of aromatic nitrogens is 1. The van der Waals surface area contributed by atoms with Gasteiger partial charge in [0.1, 0.15) is 5.69 Å². The summed E-state index contributed by atoms with van der Waals surface area (Å²) in [6, 6.07) is 17.1. The summed E-state index contributed by atoms with van der Waals surface area (Å²) in [5.41, 5.74) is 1.54. The highest BCUT2D eigenvalue weighted by atomic mass is 32.2. The number of anilines is 1. The lowest BCUT2D eigenvalue weighted by Crippen LogP contribution is -2.24. The average molecular weight is 369 g/mol. The second-order valence-electron chi connectivity index (χ2n) is 5.77. The molecule has 1 amide bonds. The number of benzene rings is 2. The molecule has 0 unspecified atom stereocenters. The molecule has 134 valence electrons. The van der Waals surface area contributed by atoms with Gasteiger partial charge in [-0.2, -0.15) is 0 Å². The minimum atomic E-state index is -3.52. The van der Waals surface area contributed by atoms with Crippen molar-refractivity contribution < 1.29 is 13.2 Å². The monoisotopic (exact) mass is 369 g/mol. The van der Waals surface area contributed by atoms with E-state index in [4.69, 9.17) is 0 Å². The summed E-state index contributed by atoms with van der Waals surface area (Å²) in [6.45, 7) is 2.27. The molecule has 3 rings (SSSR count). The summed E-state index contributed by atoms with van der Waals surface area (Å²) in [5.74, 6) is -0.351. The fourth-order valence-corrected chi connectivity index (χ4v) is 3.56. The first-order chi connectivity index (χ1) is 12.5. The summed E-state index contributed by atoms with van der Waals surface area (Å²) < 4.78 is 26.6. The number of para-hydroxylation sites is 1. The highest BCUT2D eigenvalue weighted by molar-refractivity contribution is 7.89. The Morgan fingerprint density at radius 2 is 1.73 bits per heavy atom. The topological polar surface area (TPSA) is 88.2 Å². The molecule has 1 heterocycles. The number of carbonyl (C=O) groups is 1. The van der Waals surface area contributed by atoms with Crippen LogP contribution in [-0.2, 0) is 10.0 Å². The number of nitrogens with one attached hydrogen (secondary N) is 2. The van der Waals surface area contributed by atoms with E-state index in [2.05, 4.69) is 15.0 Å². The van der Waals surface area contributed by atoms with E-state index in [1.165, 1.54) is 12.1 Å². The number of hydrogen-bond acceptors (Lipinski definition) is 4. The predicted octanol–water partition coefficient (Wildman–Crippen LogP) is 3.18. The summed E-state index contributed by atoms with van der Waals surface area (Å²) >= 11 is 0. The Bertz CT molecular complexity index is 1030. The van der Waals surface area contributed by atoms with Crippen LogP contribution in [0, 0.1) is 0 Å². The maximum atomic E-state index is 12.4. The van der Waals surface area contributed by atoms with Crippen molar-refractivity contribution in [3.63, 3.8) is 0 Å². The molecule has 2 aromatic carbocycles. The molecule has 3 aromatic rings. The number of nitrogens with zero attached hydrogens (tertiary/aromatic N) is 1. The number of rotatable bonds is 6. The Balaban J connectivity index is 1.74. The highest BCUT2D eigenvalue weighted by Crippen LogP contribution is 2.16. The Morgan fingerprint density at radius 3 is 2.46 bits per heavy atom. The van der Waals surface area contributed by atoms with Crippen LogP contribution in [0.15, 0.2) is 65.6 Å². The second-order valence-corrected chi connectivity index (χ2v) is 7.53. The lowest BCUT2D eigenvalue weighted by molar-refractivity contribution is 0.102. The summed E-state index contributed by atoms with van der Waals surface area (Å²) in [5, 5.41) is 3.68. The van der Waals surface area contributed by atoms with Crippen molar-refractivity contribution in [2.45, 2.75) is 18.2 Å². The van der Waals surface area contributed by atoms with Crippen LogP contribution >= 0.6 is 0 Å². The molecule has 0 atom stereocenters. The van der Waals surface area contributed by atoms with E-state index in [1.807, 2.05) is 37.3 Å². The minimum Gasteiger partial charge on any atom is -0.321 e. The molecule has 2 N–H and O–H groups in total. The number of pyridine rings is 1. The first-order valence-electron chi connectivity index (χ1n) is 8.26. The van der Waals surface area contributed by atoms with Crippen molar-refractivity contribution in [3.05, 3.63) is 66.4 Å². The quantitative estimate of drug-likeness (QED) is 0.698. The number of amides is 1. The van der Waals surface area contributed by atoms with Crippen molar-refractivity contribution in [1.82, 2.24) is 9.71 Å². The van der Waals surface area contributed by atoms with Crippen molar-refractivity contribution in [2.24, 2.45) is 0 Å². The Kier molecular flexibility index (Phi) is 5.29. The molecule has 1 aromatic heterocycles. The molecule has 0 radical (unpaired) electrons. The molecule has 26 heavy (non-hydrogen) atoms. The molecule has 0 spiro atoms. The lowest BCUT2D eigenvalue weighted by Gasteiger charge is -2.08. The van der Waals surface area contributed by atoms with E-state index in [0.29, 0.717) is 24.3 Å². The van der Waals surface area contributed by atoms with Gasteiger partial charge >= 0.3 is 0 Å². The first kappa shape index (κ1) is 18.0. The van der Waals surface area contributed by atoms with Crippen molar-refractivity contribution in [1.29, 1.82) is 0 Å². The van der Waals surface area contributed by atoms with Gasteiger partial charge in [-0.15, -0.1) is 0 Å². The normalized spacial score (nSPS) is 11.4. The molecule has 0 aliphatic carbocycles. The summed E-state index contributed by atoms with van der Waals surface area (Å²) in [7, 11) is -3.52. The van der Waals surface area contributed by atoms with Crippen LogP contribution in [0.3, 0.4) is 0 Å². The van der Waals surface area contributed by atoms with Crippen molar-refractivity contribution in [3.8, 4) is 0 Å². The average Bonchev–Trinajstić information content (AvgIpc) is 2.66. The summed E-state index contributed by atoms with van der Waals surface area (Å²) in [4.78, 5) is 16.9. The molecule has 0 saturated carbocycles. The van der Waals surface area contributed by atoms with Crippen LogP contribution in [0.1, 0.15) is 23.8 Å². The van der Waals surface area contributed by atoms with Crippen molar-refractivity contribution in [2.75, 3.05) is 11.9 Å². The van der Waals surface area contributed by atoms with E-state index < -0.39 is 10.0 Å². The van der Waals surface area contributed by atoms with Gasteiger partial charge in [-0.25, -0.2) is 18.1 Å². The van der Waals surface area contributed by atoms with Crippen LogP contribution in [0.2, 0.25) is 0 Å². The number of hydrogen-bond donors (Lipinski definition) is 2. The van der Waals surface area contributed by atoms with E-state index in [0.717, 1.165) is 10.9 Å². The van der Waals surface area contributed by atoms with Gasteiger partial charge in [-0.1, -0.05) is 31.2 Å². The first-order valence-corrected chi connectivity index (χ1v) is 9.75. The Hall–Kier alpha value is -2.77. The van der Waals surface area contributed by atoms with Crippen LogP contribution in [-0.4, -0.2) is 25.9 Å². The maximum Gasteiger partial charge on any atom is 0.274 e. The Labute approximate surface area is 152 Å². The van der Waals surface area contributed by atoms with Gasteiger partial charge in [-0.05, 0) is 42.8 Å². The van der Waals surface area contributed by atoms with Crippen LogP contribution in [0.5, 0.6) is 0 Å². The zero-order valence-electron chi connectivity index (χ0n) is 14.3. The lowest BCUT2D eigenvalue weighted by atomic mass is 10.2. The number of sulfonamides is 1. The van der Waals surface area contributed by atoms with E-state index in [-0.39, 0.29) is 10.8 Å². The number of carbonyl (C=O) groups excluding carboxylic acids is 1. The molecule has 6 nitrogen and oxygen atoms in total. The SMILES string of the molecule is CCCNS(=O)(=O)c1ccc(NC(=O)c2ccc3ccccc3n2)cc1. The third-order valence-corrected chi connectivity index (χ3v) is 5.27. The van der Waals surface area contributed by atoms with Gasteiger partial charge < -0.3 is 5.32 Å². The smallest absolute Gasteiger partial charge is 0.274 e. The van der Waals surface area contributed by atoms with Gasteiger partial charge in [0, 0.05) is 17.6 Å². The molecule has 0 fully saturated rings. The molecular formula is C19H19N3O3S. The molecular weight excluding hydrogens is 350 g/mol. The molecule has 0 aliphatic heterocycles. The van der Waals surface area contributed by atoms with Gasteiger partial charge in [0.15, 0.2) is 0 Å². The van der Waals surface area contributed by atoms with E-state index >= 15 is 0 Å². The van der Waals surface area contributed by atoms with Gasteiger partial charge in [0.25, 0.3) is 5.91 Å². The zero-order valence-corrected chi connectivity index (χ0v) is 15.1. The van der Waals surface area contributed by atoms with Crippen LogP contribution in [0.25, 0.3) is 10.9 Å². The van der Waals surface area contributed by atoms with Gasteiger partial charge in [0.2, 0.25) is 10.0 Å². The standard InChI is InChI=1S/C19H19N3O3S/c1-2-13-20-26(24,25)16-10-8-15(9-11-16)21-19(23)18-12-7-14-5-3-4-6-17(14)22-18/h3-12,20H,2,13H2,1H3,(H,21,23).